The molecule has 0 N–H and O–H groups in total. The maximum absolute atomic E-state index is 5.38. The van der Waals surface area contributed by atoms with Crippen molar-refractivity contribution in [2.24, 2.45) is 5.92 Å². The molecule has 1 aliphatic heterocycles. The van der Waals surface area contributed by atoms with E-state index in [0.717, 1.165) is 44.2 Å². The van der Waals surface area contributed by atoms with Crippen LogP contribution in [0.5, 0.6) is 0 Å². The molecule has 1 aromatic rings. The van der Waals surface area contributed by atoms with E-state index in [0.29, 0.717) is 11.8 Å². The molecule has 0 bridgehead atoms. The lowest BCUT2D eigenvalue weighted by Crippen LogP contribution is -2.17. The molecule has 1 aliphatic carbocycles. The summed E-state index contributed by atoms with van der Waals surface area (Å²) in [4.78, 5) is 4.57. The smallest absolute Gasteiger partial charge is 0.226 e. The van der Waals surface area contributed by atoms with Crippen LogP contribution in [0.25, 0.3) is 0 Å². The second-order valence-electron chi connectivity index (χ2n) is 5.29. The van der Waals surface area contributed by atoms with Gasteiger partial charge in [-0.3, -0.25) is 0 Å². The summed E-state index contributed by atoms with van der Waals surface area (Å²) >= 11 is 0. The summed E-state index contributed by atoms with van der Waals surface area (Å²) < 4.78 is 10.7. The zero-order chi connectivity index (χ0) is 11.5. The van der Waals surface area contributed by atoms with Crippen molar-refractivity contribution in [3.05, 3.63) is 11.7 Å². The SMILES string of the molecule is C1CCC(c2noc(CC3CCOCC3)n2)C1. The van der Waals surface area contributed by atoms with Crippen LogP contribution in [-0.4, -0.2) is 23.4 Å². The second-order valence-corrected chi connectivity index (χ2v) is 5.29. The van der Waals surface area contributed by atoms with Gasteiger partial charge in [0.15, 0.2) is 5.82 Å². The highest BCUT2D eigenvalue weighted by Crippen LogP contribution is 2.32. The third-order valence-corrected chi connectivity index (χ3v) is 4.01. The molecule has 0 amide bonds. The Hall–Kier alpha value is -0.900. The lowest BCUT2D eigenvalue weighted by molar-refractivity contribution is 0.0642. The molecule has 0 radical (unpaired) electrons. The number of hydrogen-bond donors (Lipinski definition) is 0. The average Bonchev–Trinajstić information content (AvgIpc) is 3.00. The van der Waals surface area contributed by atoms with Gasteiger partial charge in [-0.2, -0.15) is 4.98 Å². The Bertz CT molecular complexity index is 352. The molecule has 4 nitrogen and oxygen atoms in total. The predicted octanol–water partition coefficient (Wildman–Crippen LogP) is 2.70. The Kier molecular flexibility index (Phi) is 3.41. The van der Waals surface area contributed by atoms with E-state index in [1.54, 1.807) is 0 Å². The summed E-state index contributed by atoms with van der Waals surface area (Å²) in [6, 6.07) is 0. The molecule has 4 heteroatoms. The van der Waals surface area contributed by atoms with E-state index < -0.39 is 0 Å². The van der Waals surface area contributed by atoms with Crippen LogP contribution in [0, 0.1) is 5.92 Å². The Balaban J connectivity index is 1.59. The number of hydrogen-bond acceptors (Lipinski definition) is 4. The summed E-state index contributed by atoms with van der Waals surface area (Å²) in [5, 5.41) is 4.15. The molecule has 0 unspecified atom stereocenters. The van der Waals surface area contributed by atoms with Gasteiger partial charge in [0.2, 0.25) is 5.89 Å². The van der Waals surface area contributed by atoms with Gasteiger partial charge in [-0.05, 0) is 31.6 Å². The first-order chi connectivity index (χ1) is 8.42. The van der Waals surface area contributed by atoms with E-state index >= 15 is 0 Å². The van der Waals surface area contributed by atoms with Gasteiger partial charge < -0.3 is 9.26 Å². The van der Waals surface area contributed by atoms with Crippen LogP contribution < -0.4 is 0 Å². The summed E-state index contributed by atoms with van der Waals surface area (Å²) in [6.45, 7) is 1.77. The third-order valence-electron chi connectivity index (χ3n) is 4.01. The van der Waals surface area contributed by atoms with Gasteiger partial charge in [-0.15, -0.1) is 0 Å². The Morgan fingerprint density at radius 2 is 1.82 bits per heavy atom. The van der Waals surface area contributed by atoms with E-state index in [9.17, 15) is 0 Å². The van der Waals surface area contributed by atoms with Crippen molar-refractivity contribution in [1.29, 1.82) is 0 Å². The summed E-state index contributed by atoms with van der Waals surface area (Å²) in [6.07, 6.45) is 8.28. The first-order valence-electron chi connectivity index (χ1n) is 6.82. The monoisotopic (exact) mass is 236 g/mol. The highest BCUT2D eigenvalue weighted by molar-refractivity contribution is 4.98. The molecule has 0 aromatic carbocycles. The normalized spacial score (nSPS) is 23.3. The van der Waals surface area contributed by atoms with Gasteiger partial charge in [0, 0.05) is 25.6 Å². The molecule has 2 aliphatic rings. The largest absolute Gasteiger partial charge is 0.381 e. The van der Waals surface area contributed by atoms with Crippen LogP contribution in [0.1, 0.15) is 56.2 Å². The maximum Gasteiger partial charge on any atom is 0.226 e. The minimum absolute atomic E-state index is 0.558. The van der Waals surface area contributed by atoms with Gasteiger partial charge >= 0.3 is 0 Å². The van der Waals surface area contributed by atoms with Crippen LogP contribution in [0.15, 0.2) is 4.52 Å². The number of ether oxygens (including phenoxy) is 1. The molecule has 2 heterocycles. The second kappa shape index (κ2) is 5.17. The standard InChI is InChI=1S/C13H20N2O2/c1-2-4-11(3-1)13-14-12(17-15-13)9-10-5-7-16-8-6-10/h10-11H,1-9H2. The number of rotatable bonds is 3. The van der Waals surface area contributed by atoms with E-state index in [1.165, 1.54) is 25.7 Å². The fourth-order valence-electron chi connectivity index (χ4n) is 2.90. The number of nitrogens with zero attached hydrogens (tertiary/aromatic N) is 2. The van der Waals surface area contributed by atoms with Crippen molar-refractivity contribution in [1.82, 2.24) is 10.1 Å². The third kappa shape index (κ3) is 2.68. The fourth-order valence-corrected chi connectivity index (χ4v) is 2.90. The van der Waals surface area contributed by atoms with Crippen LogP contribution in [0.2, 0.25) is 0 Å². The quantitative estimate of drug-likeness (QED) is 0.809. The van der Waals surface area contributed by atoms with E-state index in [-0.39, 0.29) is 0 Å². The van der Waals surface area contributed by atoms with Gasteiger partial charge in [-0.1, -0.05) is 18.0 Å². The molecule has 0 atom stereocenters. The lowest BCUT2D eigenvalue weighted by atomic mass is 9.97. The van der Waals surface area contributed by atoms with Crippen LogP contribution in [0.3, 0.4) is 0 Å². The molecule has 1 saturated carbocycles. The molecule has 0 spiro atoms. The summed E-state index contributed by atoms with van der Waals surface area (Å²) in [7, 11) is 0. The fraction of sp³-hybridized carbons (Fsp3) is 0.846. The molecule has 17 heavy (non-hydrogen) atoms. The first-order valence-corrected chi connectivity index (χ1v) is 6.82. The summed E-state index contributed by atoms with van der Waals surface area (Å²) in [5.74, 6) is 3.01. The molecule has 1 saturated heterocycles. The van der Waals surface area contributed by atoms with E-state index in [4.69, 9.17) is 9.26 Å². The molecule has 94 valence electrons. The van der Waals surface area contributed by atoms with Crippen molar-refractivity contribution in [2.75, 3.05) is 13.2 Å². The molecule has 2 fully saturated rings. The van der Waals surface area contributed by atoms with Gasteiger partial charge in [-0.25, -0.2) is 0 Å². The van der Waals surface area contributed by atoms with Gasteiger partial charge in [0.25, 0.3) is 0 Å². The lowest BCUT2D eigenvalue weighted by Gasteiger charge is -2.19. The predicted molar refractivity (Wildman–Crippen MR) is 62.8 cm³/mol. The summed E-state index contributed by atoms with van der Waals surface area (Å²) in [5.41, 5.74) is 0. The molecular formula is C13H20N2O2. The minimum Gasteiger partial charge on any atom is -0.381 e. The Labute approximate surface area is 102 Å². The van der Waals surface area contributed by atoms with Crippen molar-refractivity contribution in [3.63, 3.8) is 0 Å². The van der Waals surface area contributed by atoms with Crippen LogP contribution >= 0.6 is 0 Å². The van der Waals surface area contributed by atoms with Crippen LogP contribution in [-0.2, 0) is 11.2 Å². The maximum atomic E-state index is 5.38. The van der Waals surface area contributed by atoms with Crippen molar-refractivity contribution in [3.8, 4) is 0 Å². The van der Waals surface area contributed by atoms with Crippen molar-refractivity contribution in [2.45, 2.75) is 50.9 Å². The topological polar surface area (TPSA) is 48.2 Å². The average molecular weight is 236 g/mol. The van der Waals surface area contributed by atoms with Crippen molar-refractivity contribution >= 4 is 0 Å². The zero-order valence-electron chi connectivity index (χ0n) is 10.2. The zero-order valence-corrected chi connectivity index (χ0v) is 10.2. The molecule has 3 rings (SSSR count). The van der Waals surface area contributed by atoms with Crippen molar-refractivity contribution < 1.29 is 9.26 Å². The highest BCUT2D eigenvalue weighted by Gasteiger charge is 2.23. The Morgan fingerprint density at radius 1 is 1.06 bits per heavy atom. The molecule has 1 aromatic heterocycles. The first kappa shape index (κ1) is 11.2. The number of aromatic nitrogens is 2. The van der Waals surface area contributed by atoms with E-state index in [1.807, 2.05) is 0 Å². The van der Waals surface area contributed by atoms with Gasteiger partial charge in [0.05, 0.1) is 0 Å². The molecular weight excluding hydrogens is 216 g/mol. The van der Waals surface area contributed by atoms with Gasteiger partial charge in [0.1, 0.15) is 0 Å². The van der Waals surface area contributed by atoms with E-state index in [2.05, 4.69) is 10.1 Å². The minimum atomic E-state index is 0.558. The highest BCUT2D eigenvalue weighted by atomic mass is 16.5. The van der Waals surface area contributed by atoms with Crippen LogP contribution in [0.4, 0.5) is 0 Å². The Morgan fingerprint density at radius 3 is 2.59 bits per heavy atom.